The molecule has 5 amide bonds. The molecule has 0 radical (unpaired) electrons. The van der Waals surface area contributed by atoms with Gasteiger partial charge in [0.1, 0.15) is 60.0 Å². The molecule has 25 heteroatoms. The van der Waals surface area contributed by atoms with E-state index in [1.165, 1.54) is 16.5 Å². The Kier molecular flexibility index (Phi) is 20.9. The van der Waals surface area contributed by atoms with E-state index in [0.717, 1.165) is 0 Å². The summed E-state index contributed by atoms with van der Waals surface area (Å²) < 4.78 is 37.9. The summed E-state index contributed by atoms with van der Waals surface area (Å²) in [5.74, 6) is -3.06. The number of benzene rings is 1. The average Bonchev–Trinajstić information content (AvgIpc) is 3.90. The zero-order valence-electron chi connectivity index (χ0n) is 38.0. The third kappa shape index (κ3) is 17.0. The fraction of sp³-hybridized carbons (Fsp3) is 0.477. The number of carbonyl (C=O) groups excluding carboxylic acids is 6. The molecule has 1 saturated heterocycles. The van der Waals surface area contributed by atoms with Gasteiger partial charge in [0, 0.05) is 56.2 Å². The van der Waals surface area contributed by atoms with Crippen molar-refractivity contribution >= 4 is 73.9 Å². The molecule has 23 nitrogen and oxygen atoms in total. The zero-order valence-corrected chi connectivity index (χ0v) is 39.6. The van der Waals surface area contributed by atoms with Crippen molar-refractivity contribution < 1.29 is 62.0 Å². The third-order valence-corrected chi connectivity index (χ3v) is 10.8. The number of fused-ring (bicyclic) bond motifs is 1. The number of Topliss-reactive ketones (excluding diaryl/α,β-unsaturated/α-hetero) is 1. The maximum atomic E-state index is 14.7. The van der Waals surface area contributed by atoms with Gasteiger partial charge in [0.25, 0.3) is 0 Å². The number of ketones is 1. The molecule has 1 aliphatic rings. The van der Waals surface area contributed by atoms with E-state index in [1.807, 2.05) is 0 Å². The Morgan fingerprint density at radius 3 is 2.16 bits per heavy atom. The monoisotopic (exact) mass is 1030 g/mol. The second-order valence-corrected chi connectivity index (χ2v) is 16.5. The summed E-state index contributed by atoms with van der Waals surface area (Å²) >= 11 is 3.28. The Morgan fingerprint density at radius 2 is 1.51 bits per heavy atom. The SMILES string of the molecule is CC(=O)c1nn(CC(=O)N2C[C@H](F)C[C@H]2C(=O)Nc2nc(Br)ccc2C)c2ccc(-c3cnc(CNC(=O)COCCOCCNC(=O)COCCOCCNC(=O)CC[C@H](N)C(=O)O)nc3)cc12. The van der Waals surface area contributed by atoms with Crippen LogP contribution in [-0.4, -0.2) is 167 Å². The lowest BCUT2D eigenvalue weighted by molar-refractivity contribution is -0.139. The molecule has 0 spiro atoms. The van der Waals surface area contributed by atoms with Crippen LogP contribution in [0.15, 0.2) is 47.3 Å². The number of rotatable bonds is 28. The molecule has 0 aliphatic carbocycles. The number of nitrogens with zero attached hydrogens (tertiary/aromatic N) is 6. The fourth-order valence-electron chi connectivity index (χ4n) is 6.77. The Balaban J connectivity index is 0.958. The number of amides is 5. The lowest BCUT2D eigenvalue weighted by atomic mass is 10.0. The highest BCUT2D eigenvalue weighted by molar-refractivity contribution is 9.10. The summed E-state index contributed by atoms with van der Waals surface area (Å²) in [6, 6.07) is 6.51. The number of carbonyl (C=O) groups is 7. The Morgan fingerprint density at radius 1 is 0.870 bits per heavy atom. The number of pyridine rings is 1. The first-order valence-electron chi connectivity index (χ1n) is 21.9. The maximum absolute atomic E-state index is 14.7. The third-order valence-electron chi connectivity index (χ3n) is 10.4. The molecule has 0 saturated carbocycles. The van der Waals surface area contributed by atoms with Crippen LogP contribution in [0.25, 0.3) is 22.0 Å². The zero-order chi connectivity index (χ0) is 49.9. The highest BCUT2D eigenvalue weighted by Gasteiger charge is 2.40. The predicted molar refractivity (Wildman–Crippen MR) is 247 cm³/mol. The van der Waals surface area contributed by atoms with Gasteiger partial charge in [0.15, 0.2) is 5.78 Å². The molecule has 5 rings (SSSR count). The largest absolute Gasteiger partial charge is 0.480 e. The van der Waals surface area contributed by atoms with Crippen molar-refractivity contribution in [3.8, 4) is 11.1 Å². The molecule has 1 fully saturated rings. The molecule has 3 atom stereocenters. The van der Waals surface area contributed by atoms with Gasteiger partial charge in [-0.15, -0.1) is 0 Å². The van der Waals surface area contributed by atoms with E-state index in [1.54, 1.807) is 49.6 Å². The van der Waals surface area contributed by atoms with Crippen molar-refractivity contribution in [1.82, 2.24) is 45.6 Å². The van der Waals surface area contributed by atoms with Crippen LogP contribution in [0, 0.1) is 6.92 Å². The Labute approximate surface area is 403 Å². The van der Waals surface area contributed by atoms with Crippen LogP contribution in [0.1, 0.15) is 48.1 Å². The second kappa shape index (κ2) is 27.0. The minimum absolute atomic E-state index is 0.00485. The highest BCUT2D eigenvalue weighted by Crippen LogP contribution is 2.28. The summed E-state index contributed by atoms with van der Waals surface area (Å²) in [5.41, 5.74) is 7.91. The van der Waals surface area contributed by atoms with Crippen LogP contribution in [0.3, 0.4) is 0 Å². The smallest absolute Gasteiger partial charge is 0.320 e. The van der Waals surface area contributed by atoms with Crippen molar-refractivity contribution in [3.63, 3.8) is 0 Å². The number of alkyl halides is 1. The highest BCUT2D eigenvalue weighted by atomic mass is 79.9. The number of carboxylic acids is 1. The van der Waals surface area contributed by atoms with E-state index in [0.29, 0.717) is 43.8 Å². The van der Waals surface area contributed by atoms with E-state index in [2.05, 4.69) is 57.2 Å². The van der Waals surface area contributed by atoms with E-state index in [4.69, 9.17) is 29.8 Å². The van der Waals surface area contributed by atoms with Gasteiger partial charge in [-0.1, -0.05) is 12.1 Å². The summed E-state index contributed by atoms with van der Waals surface area (Å²) in [6.45, 7) is 3.69. The van der Waals surface area contributed by atoms with Crippen LogP contribution in [0.2, 0.25) is 0 Å². The van der Waals surface area contributed by atoms with E-state index >= 15 is 0 Å². The minimum atomic E-state index is -1.41. The molecule has 0 unspecified atom stereocenters. The second-order valence-electron chi connectivity index (χ2n) is 15.7. The molecule has 4 aromatic rings. The van der Waals surface area contributed by atoms with Gasteiger partial charge in [0.05, 0.1) is 58.2 Å². The van der Waals surface area contributed by atoms with Crippen molar-refractivity contribution in [3.05, 3.63) is 64.4 Å². The van der Waals surface area contributed by atoms with Gasteiger partial charge in [-0.25, -0.2) is 19.3 Å². The van der Waals surface area contributed by atoms with E-state index in [9.17, 15) is 38.0 Å². The molecule has 3 aromatic heterocycles. The van der Waals surface area contributed by atoms with Crippen molar-refractivity contribution in [2.45, 2.75) is 64.5 Å². The van der Waals surface area contributed by atoms with Crippen molar-refractivity contribution in [2.75, 3.05) is 77.8 Å². The number of hydrogen-bond acceptors (Lipinski definition) is 16. The average molecular weight is 1030 g/mol. The number of carboxylic acid groups (broad SMARTS) is 1. The van der Waals surface area contributed by atoms with Gasteiger partial charge in [-0.3, -0.25) is 38.2 Å². The molecular weight excluding hydrogens is 973 g/mol. The van der Waals surface area contributed by atoms with Gasteiger partial charge in [-0.2, -0.15) is 5.10 Å². The fourth-order valence-corrected chi connectivity index (χ4v) is 7.08. The van der Waals surface area contributed by atoms with E-state index < -0.39 is 41.9 Å². The van der Waals surface area contributed by atoms with Gasteiger partial charge < -0.3 is 56.0 Å². The van der Waals surface area contributed by atoms with Crippen LogP contribution >= 0.6 is 15.9 Å². The lowest BCUT2D eigenvalue weighted by Crippen LogP contribution is -2.44. The van der Waals surface area contributed by atoms with Crippen molar-refractivity contribution in [1.29, 1.82) is 0 Å². The van der Waals surface area contributed by atoms with Crippen LogP contribution in [0.4, 0.5) is 10.2 Å². The molecule has 0 bridgehead atoms. The first kappa shape index (κ1) is 53.6. The number of ether oxygens (including phenoxy) is 4. The Hall–Kier alpha value is -6.38. The number of aromatic nitrogens is 5. The first-order chi connectivity index (χ1) is 33.1. The number of halogens is 2. The van der Waals surface area contributed by atoms with Gasteiger partial charge in [-0.05, 0) is 58.6 Å². The molecule has 69 heavy (non-hydrogen) atoms. The molecule has 1 aromatic carbocycles. The summed E-state index contributed by atoms with van der Waals surface area (Å²) in [6.07, 6.45) is 1.58. The quantitative estimate of drug-likeness (QED) is 0.0261. The number of nitrogens with one attached hydrogen (secondary N) is 4. The first-order valence-corrected chi connectivity index (χ1v) is 22.7. The summed E-state index contributed by atoms with van der Waals surface area (Å²) in [4.78, 5) is 100. The molecule has 4 heterocycles. The van der Waals surface area contributed by atoms with E-state index in [-0.39, 0.29) is 128 Å². The molecule has 7 N–H and O–H groups in total. The standard InChI is InChI=1S/C44H55BrFN11O12/c1-26-3-7-35(45)53-42(26)54-43(63)34-18-30(46)22-56(34)40(62)23-57-33-6-4-28(17-31(33)41(55-57)27(2)58)29-19-50-36(51-20-29)21-52-39(61)25-69-16-14-67-12-10-49-38(60)24-68-15-13-66-11-9-48-37(59)8-5-32(47)44(64)65/h3-4,6-7,17,19-20,30,32,34H,5,8-16,18,21-25,47H2,1-2H3,(H,48,59)(H,49,60)(H,52,61)(H,64,65)(H,53,54,63)/t30-,32+,34+/m1/s1. The van der Waals surface area contributed by atoms with Crippen LogP contribution in [-0.2, 0) is 60.8 Å². The topological polar surface area (TPSA) is 311 Å². The van der Waals surface area contributed by atoms with Crippen LogP contribution in [0.5, 0.6) is 0 Å². The number of aliphatic carboxylic acids is 1. The number of aryl methyl sites for hydroxylation is 1. The van der Waals surface area contributed by atoms with Gasteiger partial charge >= 0.3 is 5.97 Å². The number of likely N-dealkylation sites (tertiary alicyclic amines) is 1. The molecular formula is C44H55BrFN11O12. The number of hydrogen-bond donors (Lipinski definition) is 6. The number of nitrogens with two attached hydrogens (primary N) is 1. The number of anilines is 1. The minimum Gasteiger partial charge on any atom is -0.480 e. The summed E-state index contributed by atoms with van der Waals surface area (Å²) in [7, 11) is 0. The maximum Gasteiger partial charge on any atom is 0.320 e. The van der Waals surface area contributed by atoms with Gasteiger partial charge in [0.2, 0.25) is 29.5 Å². The normalized spacial score (nSPS) is 14.9. The molecule has 1 aliphatic heterocycles. The lowest BCUT2D eigenvalue weighted by Gasteiger charge is -2.24. The summed E-state index contributed by atoms with van der Waals surface area (Å²) in [5, 5.41) is 24.2. The van der Waals surface area contributed by atoms with Crippen molar-refractivity contribution in [2.24, 2.45) is 5.73 Å². The Bertz CT molecular complexity index is 2440. The predicted octanol–water partition coefficient (Wildman–Crippen LogP) is 0.847. The molecule has 372 valence electrons. The van der Waals surface area contributed by atoms with Crippen LogP contribution < -0.4 is 27.0 Å².